The molecule has 16 heteroatoms. The average molecular weight is 585 g/mol. The van der Waals surface area contributed by atoms with Gasteiger partial charge in [-0.15, -0.1) is 0 Å². The van der Waals surface area contributed by atoms with Gasteiger partial charge in [-0.05, 0) is 31.5 Å². The molecule has 1 aliphatic heterocycles. The molecule has 0 unspecified atom stereocenters. The van der Waals surface area contributed by atoms with Gasteiger partial charge in [-0.3, -0.25) is 0 Å². The van der Waals surface area contributed by atoms with Gasteiger partial charge in [-0.25, -0.2) is 9.66 Å². The highest BCUT2D eigenvalue weighted by atomic mass is 32.2. The van der Waals surface area contributed by atoms with E-state index in [1.54, 1.807) is 44.2 Å². The molecule has 0 bridgehead atoms. The van der Waals surface area contributed by atoms with E-state index in [1.807, 2.05) is 0 Å². The molecule has 0 N–H and O–H groups in total. The number of rotatable bonds is 6. The second-order valence-corrected chi connectivity index (χ2v) is 10.1. The minimum absolute atomic E-state index is 0.0761. The van der Waals surface area contributed by atoms with Crippen LogP contribution < -0.4 is 4.18 Å². The van der Waals surface area contributed by atoms with E-state index in [9.17, 15) is 47.9 Å². The fourth-order valence-corrected chi connectivity index (χ4v) is 4.63. The summed E-state index contributed by atoms with van der Waals surface area (Å²) >= 11 is 0. The molecular weight excluding hydrogens is 569 g/mol. The molecule has 0 amide bonds. The number of aromatic nitrogens is 2. The number of alkyl halides is 9. The number of hydrogen-bond donors (Lipinski definition) is 0. The number of aryl methyl sites for hydroxylation is 1. The molecule has 0 fully saturated rings. The minimum atomic E-state index is -7.41. The van der Waals surface area contributed by atoms with E-state index in [2.05, 4.69) is 14.3 Å². The highest BCUT2D eigenvalue weighted by Gasteiger charge is 2.86. The molecule has 0 aliphatic carbocycles. The largest absolute Gasteiger partial charge is 0.460 e. The predicted octanol–water partition coefficient (Wildman–Crippen LogP) is 5.84. The monoisotopic (exact) mass is 585 g/mol. The lowest BCUT2D eigenvalue weighted by molar-refractivity contribution is -0.382. The van der Waals surface area contributed by atoms with Crippen molar-refractivity contribution < 1.29 is 52.1 Å². The van der Waals surface area contributed by atoms with Crippen molar-refractivity contribution in [3.05, 3.63) is 82.4 Å². The van der Waals surface area contributed by atoms with Crippen LogP contribution in [0, 0.1) is 13.8 Å². The standard InChI is InChI=1S/C23H16F9N3O3S/c1-12-13(2)35-18(33-12)10-15-8-9-16(11-17(15)19(34-35)14-6-4-3-5-7-14)38-39(36,37)23(31,32)21(26,27)20(24,25)22(28,29)30/h3-9,11H,10H2,1-2H3. The van der Waals surface area contributed by atoms with Gasteiger partial charge in [0.05, 0.1) is 17.1 Å². The van der Waals surface area contributed by atoms with Gasteiger partial charge in [0.1, 0.15) is 11.6 Å². The highest BCUT2D eigenvalue weighted by molar-refractivity contribution is 7.88. The first-order chi connectivity index (χ1) is 17.8. The van der Waals surface area contributed by atoms with Crippen LogP contribution in [-0.2, 0) is 16.5 Å². The number of hydrogen-bond acceptors (Lipinski definition) is 5. The zero-order chi connectivity index (χ0) is 29.2. The fraction of sp³-hybridized carbons (Fsp3) is 0.304. The average Bonchev–Trinajstić information content (AvgIpc) is 3.00. The van der Waals surface area contributed by atoms with Crippen LogP contribution in [-0.4, -0.2) is 47.1 Å². The molecule has 210 valence electrons. The molecular formula is C23H16F9N3O3S. The summed E-state index contributed by atoms with van der Waals surface area (Å²) in [5.74, 6) is -15.4. The number of imidazole rings is 1. The first kappa shape index (κ1) is 28.4. The summed E-state index contributed by atoms with van der Waals surface area (Å²) in [6.45, 7) is 3.45. The molecule has 0 saturated heterocycles. The van der Waals surface area contributed by atoms with Crippen LogP contribution in [0.2, 0.25) is 0 Å². The van der Waals surface area contributed by atoms with Crippen LogP contribution in [0.15, 0.2) is 53.6 Å². The maximum Gasteiger partial charge on any atom is 0.460 e. The van der Waals surface area contributed by atoms with Crippen molar-refractivity contribution in [2.75, 3.05) is 0 Å². The molecule has 1 aliphatic rings. The Morgan fingerprint density at radius 1 is 0.872 bits per heavy atom. The van der Waals surface area contributed by atoms with Gasteiger partial charge in [0.2, 0.25) is 0 Å². The van der Waals surface area contributed by atoms with Crippen molar-refractivity contribution in [1.29, 1.82) is 0 Å². The zero-order valence-corrected chi connectivity index (χ0v) is 20.5. The van der Waals surface area contributed by atoms with E-state index >= 15 is 0 Å². The molecule has 6 nitrogen and oxygen atoms in total. The van der Waals surface area contributed by atoms with Gasteiger partial charge in [-0.1, -0.05) is 36.4 Å². The van der Waals surface area contributed by atoms with Gasteiger partial charge in [-0.2, -0.15) is 53.0 Å². The molecule has 0 radical (unpaired) electrons. The molecule has 0 saturated carbocycles. The third kappa shape index (κ3) is 4.43. The first-order valence-electron chi connectivity index (χ1n) is 10.8. The Labute approximate surface area is 214 Å². The van der Waals surface area contributed by atoms with Gasteiger partial charge < -0.3 is 4.18 Å². The van der Waals surface area contributed by atoms with Gasteiger partial charge in [0, 0.05) is 17.5 Å². The Kier molecular flexibility index (Phi) is 6.56. The Balaban J connectivity index is 1.81. The normalized spacial score (nSPS) is 14.8. The third-order valence-corrected chi connectivity index (χ3v) is 7.25. The maximum absolute atomic E-state index is 14.2. The van der Waals surface area contributed by atoms with E-state index in [1.165, 1.54) is 10.7 Å². The fourth-order valence-electron chi connectivity index (χ4n) is 3.73. The molecule has 2 aromatic carbocycles. The SMILES string of the molecule is Cc1nc2n(c1C)N=C(c1ccccc1)c1cc(OS(=O)(=O)C(F)(F)C(F)(F)C(F)(F)C(F)(F)F)ccc1C2. The van der Waals surface area contributed by atoms with E-state index < -0.39 is 39.1 Å². The summed E-state index contributed by atoms with van der Waals surface area (Å²) in [6, 6.07) is 10.9. The maximum atomic E-state index is 14.2. The quantitative estimate of drug-likeness (QED) is 0.211. The first-order valence-corrected chi connectivity index (χ1v) is 12.2. The molecule has 1 aromatic heterocycles. The van der Waals surface area contributed by atoms with Crippen LogP contribution in [0.5, 0.6) is 5.75 Å². The lowest BCUT2D eigenvalue weighted by atomic mass is 9.96. The van der Waals surface area contributed by atoms with E-state index in [0.717, 1.165) is 12.1 Å². The van der Waals surface area contributed by atoms with Crippen LogP contribution in [0.1, 0.15) is 33.9 Å². The van der Waals surface area contributed by atoms with Crippen LogP contribution in [0.4, 0.5) is 39.5 Å². The predicted molar refractivity (Wildman–Crippen MR) is 119 cm³/mol. The lowest BCUT2D eigenvalue weighted by Gasteiger charge is -2.32. The Morgan fingerprint density at radius 3 is 2.08 bits per heavy atom. The lowest BCUT2D eigenvalue weighted by Crippen LogP contribution is -2.63. The molecule has 0 atom stereocenters. The van der Waals surface area contributed by atoms with Crippen molar-refractivity contribution in [3.63, 3.8) is 0 Å². The van der Waals surface area contributed by atoms with E-state index in [-0.39, 0.29) is 17.7 Å². The van der Waals surface area contributed by atoms with Crippen LogP contribution in [0.25, 0.3) is 0 Å². The molecule has 0 spiro atoms. The summed E-state index contributed by atoms with van der Waals surface area (Å²) < 4.78 is 149. The molecule has 3 aromatic rings. The minimum Gasteiger partial charge on any atom is -0.378 e. The summed E-state index contributed by atoms with van der Waals surface area (Å²) in [7, 11) is -7.11. The Bertz CT molecular complexity index is 1560. The zero-order valence-electron chi connectivity index (χ0n) is 19.7. The molecule has 4 rings (SSSR count). The summed E-state index contributed by atoms with van der Waals surface area (Å²) in [5, 5.41) is -2.46. The second kappa shape index (κ2) is 8.99. The number of halogens is 9. The van der Waals surface area contributed by atoms with Crippen molar-refractivity contribution in [3.8, 4) is 5.75 Å². The Morgan fingerprint density at radius 2 is 1.49 bits per heavy atom. The number of fused-ring (bicyclic) bond motifs is 2. The Hall–Kier alpha value is -3.56. The van der Waals surface area contributed by atoms with Crippen molar-refractivity contribution >= 4 is 15.8 Å². The highest BCUT2D eigenvalue weighted by Crippen LogP contribution is 2.55. The third-order valence-electron chi connectivity index (χ3n) is 5.95. The van der Waals surface area contributed by atoms with E-state index in [4.69, 9.17) is 0 Å². The number of nitrogens with zero attached hydrogens (tertiary/aromatic N) is 3. The smallest absolute Gasteiger partial charge is 0.378 e. The topological polar surface area (TPSA) is 73.5 Å². The van der Waals surface area contributed by atoms with Gasteiger partial charge in [0.15, 0.2) is 0 Å². The van der Waals surface area contributed by atoms with Crippen molar-refractivity contribution in [2.45, 2.75) is 43.5 Å². The molecule has 39 heavy (non-hydrogen) atoms. The van der Waals surface area contributed by atoms with Crippen LogP contribution >= 0.6 is 0 Å². The molecule has 2 heterocycles. The van der Waals surface area contributed by atoms with Gasteiger partial charge >= 0.3 is 33.4 Å². The van der Waals surface area contributed by atoms with Gasteiger partial charge in [0.25, 0.3) is 0 Å². The van der Waals surface area contributed by atoms with Crippen LogP contribution in [0.3, 0.4) is 0 Å². The van der Waals surface area contributed by atoms with Crippen molar-refractivity contribution in [2.24, 2.45) is 5.10 Å². The second-order valence-electron chi connectivity index (χ2n) is 8.52. The number of benzene rings is 2. The summed E-state index contributed by atoms with van der Waals surface area (Å²) in [5.41, 5.74) is 2.36. The summed E-state index contributed by atoms with van der Waals surface area (Å²) in [6.07, 6.45) is -7.11. The van der Waals surface area contributed by atoms with E-state index in [0.29, 0.717) is 28.3 Å². The summed E-state index contributed by atoms with van der Waals surface area (Å²) in [4.78, 5) is 4.41. The van der Waals surface area contributed by atoms with Crippen molar-refractivity contribution in [1.82, 2.24) is 9.66 Å².